The third-order valence-electron chi connectivity index (χ3n) is 3.99. The van der Waals surface area contributed by atoms with E-state index in [1.165, 1.54) is 12.1 Å². The van der Waals surface area contributed by atoms with Gasteiger partial charge in [-0.25, -0.2) is 4.39 Å². The minimum absolute atomic E-state index is 0.0428. The first-order valence-corrected chi connectivity index (χ1v) is 7.40. The highest BCUT2D eigenvalue weighted by atomic mass is 19.1. The van der Waals surface area contributed by atoms with Gasteiger partial charge in [0, 0.05) is 13.0 Å². The molecule has 0 aliphatic heterocycles. The molecule has 1 aromatic rings. The quantitative estimate of drug-likeness (QED) is 0.723. The number of halogens is 1. The fourth-order valence-electron chi connectivity index (χ4n) is 2.46. The Bertz CT molecular complexity index is 525. The first-order valence-electron chi connectivity index (χ1n) is 7.40. The first-order chi connectivity index (χ1) is 10.5. The summed E-state index contributed by atoms with van der Waals surface area (Å²) in [4.78, 5) is 22.9. The SMILES string of the molecule is O=C(CC1(C(=O)O)CCC1)NCCCOc1ccc(F)cc1. The van der Waals surface area contributed by atoms with Crippen molar-refractivity contribution in [2.75, 3.05) is 13.2 Å². The fraction of sp³-hybridized carbons (Fsp3) is 0.500. The molecule has 2 N–H and O–H groups in total. The van der Waals surface area contributed by atoms with Crippen LogP contribution in [0, 0.1) is 11.2 Å². The molecular weight excluding hydrogens is 289 g/mol. The molecule has 0 unspecified atom stereocenters. The summed E-state index contributed by atoms with van der Waals surface area (Å²) in [7, 11) is 0. The van der Waals surface area contributed by atoms with Crippen molar-refractivity contribution in [2.24, 2.45) is 5.41 Å². The Morgan fingerprint density at radius 2 is 1.95 bits per heavy atom. The van der Waals surface area contributed by atoms with Gasteiger partial charge in [-0.2, -0.15) is 0 Å². The van der Waals surface area contributed by atoms with Crippen molar-refractivity contribution in [2.45, 2.75) is 32.1 Å². The van der Waals surface area contributed by atoms with Gasteiger partial charge in [0.05, 0.1) is 12.0 Å². The molecule has 0 spiro atoms. The molecule has 22 heavy (non-hydrogen) atoms. The Hall–Kier alpha value is -2.11. The molecular formula is C16H20FNO4. The molecule has 1 aromatic carbocycles. The monoisotopic (exact) mass is 309 g/mol. The molecule has 120 valence electrons. The van der Waals surface area contributed by atoms with Crippen LogP contribution in [-0.4, -0.2) is 30.1 Å². The number of ether oxygens (including phenoxy) is 1. The van der Waals surface area contributed by atoms with E-state index >= 15 is 0 Å². The largest absolute Gasteiger partial charge is 0.494 e. The number of carbonyl (C=O) groups is 2. The number of carboxylic acid groups (broad SMARTS) is 1. The van der Waals surface area contributed by atoms with Crippen molar-refractivity contribution in [3.63, 3.8) is 0 Å². The van der Waals surface area contributed by atoms with Gasteiger partial charge in [-0.1, -0.05) is 6.42 Å². The van der Waals surface area contributed by atoms with Gasteiger partial charge in [-0.15, -0.1) is 0 Å². The second-order valence-electron chi connectivity index (χ2n) is 5.62. The standard InChI is InChI=1S/C16H20FNO4/c17-12-3-5-13(6-4-12)22-10-2-9-18-14(19)11-16(15(20)21)7-1-8-16/h3-6H,1-2,7-11H2,(H,18,19)(H,20,21). The molecule has 0 radical (unpaired) electrons. The lowest BCUT2D eigenvalue weighted by molar-refractivity contribution is -0.157. The van der Waals surface area contributed by atoms with Gasteiger partial charge < -0.3 is 15.2 Å². The number of benzene rings is 1. The van der Waals surface area contributed by atoms with Gasteiger partial charge in [0.1, 0.15) is 11.6 Å². The minimum atomic E-state index is -0.881. The van der Waals surface area contributed by atoms with Crippen molar-refractivity contribution >= 4 is 11.9 Å². The zero-order valence-electron chi connectivity index (χ0n) is 12.3. The molecule has 0 bridgehead atoms. The van der Waals surface area contributed by atoms with E-state index in [9.17, 15) is 14.0 Å². The molecule has 1 saturated carbocycles. The second-order valence-corrected chi connectivity index (χ2v) is 5.62. The van der Waals surface area contributed by atoms with Crippen LogP contribution < -0.4 is 10.1 Å². The van der Waals surface area contributed by atoms with E-state index in [1.807, 2.05) is 0 Å². The Morgan fingerprint density at radius 1 is 1.27 bits per heavy atom. The van der Waals surface area contributed by atoms with Crippen LogP contribution in [0.15, 0.2) is 24.3 Å². The van der Waals surface area contributed by atoms with Crippen molar-refractivity contribution in [1.29, 1.82) is 0 Å². The number of rotatable bonds is 8. The average Bonchev–Trinajstić information content (AvgIpc) is 2.44. The summed E-state index contributed by atoms with van der Waals surface area (Å²) in [5, 5.41) is 11.9. The third kappa shape index (κ3) is 4.19. The number of aliphatic carboxylic acids is 1. The van der Waals surface area contributed by atoms with Crippen molar-refractivity contribution < 1.29 is 23.8 Å². The lowest BCUT2D eigenvalue weighted by Gasteiger charge is -2.36. The van der Waals surface area contributed by atoms with Gasteiger partial charge in [0.25, 0.3) is 0 Å². The third-order valence-corrected chi connectivity index (χ3v) is 3.99. The maximum Gasteiger partial charge on any atom is 0.310 e. The number of carboxylic acids is 1. The van der Waals surface area contributed by atoms with Gasteiger partial charge in [-0.3, -0.25) is 9.59 Å². The molecule has 0 heterocycles. The van der Waals surface area contributed by atoms with Crippen LogP contribution in [0.3, 0.4) is 0 Å². The highest BCUT2D eigenvalue weighted by Crippen LogP contribution is 2.44. The lowest BCUT2D eigenvalue weighted by Crippen LogP contribution is -2.42. The van der Waals surface area contributed by atoms with Crippen LogP contribution in [0.25, 0.3) is 0 Å². The predicted octanol–water partition coefficient (Wildman–Crippen LogP) is 2.36. The maximum atomic E-state index is 12.7. The molecule has 1 aliphatic carbocycles. The molecule has 0 atom stereocenters. The lowest BCUT2D eigenvalue weighted by atomic mass is 9.66. The Kier molecular flexibility index (Phi) is 5.35. The molecule has 1 fully saturated rings. The smallest absolute Gasteiger partial charge is 0.310 e. The summed E-state index contributed by atoms with van der Waals surface area (Å²) in [5.41, 5.74) is -0.852. The van der Waals surface area contributed by atoms with Crippen molar-refractivity contribution in [3.05, 3.63) is 30.1 Å². The summed E-state index contributed by atoms with van der Waals surface area (Å²) >= 11 is 0. The molecule has 6 heteroatoms. The van der Waals surface area contributed by atoms with Gasteiger partial charge in [0.15, 0.2) is 0 Å². The average molecular weight is 309 g/mol. The van der Waals surface area contributed by atoms with Crippen LogP contribution in [0.1, 0.15) is 32.1 Å². The number of nitrogens with one attached hydrogen (secondary N) is 1. The minimum Gasteiger partial charge on any atom is -0.494 e. The fourth-order valence-corrected chi connectivity index (χ4v) is 2.46. The van der Waals surface area contributed by atoms with E-state index in [2.05, 4.69) is 5.32 Å². The van der Waals surface area contributed by atoms with Crippen LogP contribution in [0.5, 0.6) is 5.75 Å². The highest BCUT2D eigenvalue weighted by Gasteiger charge is 2.45. The highest BCUT2D eigenvalue weighted by molar-refractivity contribution is 5.85. The Labute approximate surface area is 128 Å². The van der Waals surface area contributed by atoms with E-state index in [0.29, 0.717) is 38.2 Å². The number of amides is 1. The topological polar surface area (TPSA) is 75.6 Å². The van der Waals surface area contributed by atoms with Gasteiger partial charge >= 0.3 is 5.97 Å². The molecule has 1 amide bonds. The molecule has 1 aliphatic rings. The van der Waals surface area contributed by atoms with Gasteiger partial charge in [0.2, 0.25) is 5.91 Å². The van der Waals surface area contributed by atoms with Crippen LogP contribution in [0.4, 0.5) is 4.39 Å². The van der Waals surface area contributed by atoms with E-state index in [0.717, 1.165) is 6.42 Å². The van der Waals surface area contributed by atoms with E-state index in [1.54, 1.807) is 12.1 Å². The molecule has 0 saturated heterocycles. The summed E-state index contributed by atoms with van der Waals surface area (Å²) in [6.45, 7) is 0.825. The van der Waals surface area contributed by atoms with Crippen molar-refractivity contribution in [3.8, 4) is 5.75 Å². The predicted molar refractivity (Wildman–Crippen MR) is 78.1 cm³/mol. The van der Waals surface area contributed by atoms with Crippen LogP contribution in [-0.2, 0) is 9.59 Å². The number of carbonyl (C=O) groups excluding carboxylic acids is 1. The van der Waals surface area contributed by atoms with Crippen LogP contribution >= 0.6 is 0 Å². The summed E-state index contributed by atoms with van der Waals surface area (Å²) in [6, 6.07) is 5.73. The van der Waals surface area contributed by atoms with E-state index < -0.39 is 11.4 Å². The Morgan fingerprint density at radius 3 is 2.50 bits per heavy atom. The van der Waals surface area contributed by atoms with E-state index in [-0.39, 0.29) is 18.1 Å². The first kappa shape index (κ1) is 16.3. The van der Waals surface area contributed by atoms with Gasteiger partial charge in [-0.05, 0) is 43.5 Å². The molecule has 5 nitrogen and oxygen atoms in total. The van der Waals surface area contributed by atoms with Crippen molar-refractivity contribution in [1.82, 2.24) is 5.32 Å². The summed E-state index contributed by atoms with van der Waals surface area (Å²) in [5.74, 6) is -0.854. The second kappa shape index (κ2) is 7.24. The van der Waals surface area contributed by atoms with Crippen LogP contribution in [0.2, 0.25) is 0 Å². The Balaban J connectivity index is 1.61. The summed E-state index contributed by atoms with van der Waals surface area (Å²) < 4.78 is 18.1. The zero-order chi connectivity index (χ0) is 16.0. The zero-order valence-corrected chi connectivity index (χ0v) is 12.3. The number of hydrogen-bond acceptors (Lipinski definition) is 3. The summed E-state index contributed by atoms with van der Waals surface area (Å²) in [6.07, 6.45) is 2.66. The van der Waals surface area contributed by atoms with E-state index in [4.69, 9.17) is 9.84 Å². The molecule has 0 aromatic heterocycles. The normalized spacial score (nSPS) is 15.7. The maximum absolute atomic E-state index is 12.7. The number of hydrogen-bond donors (Lipinski definition) is 2. The molecule has 2 rings (SSSR count).